The first-order valence-corrected chi connectivity index (χ1v) is 10.0. The number of hydrogen-bond acceptors (Lipinski definition) is 3. The molecule has 2 aromatic carbocycles. The lowest BCUT2D eigenvalue weighted by Crippen LogP contribution is -2.48. The first-order chi connectivity index (χ1) is 12.8. The van der Waals surface area contributed by atoms with E-state index in [0.717, 1.165) is 16.5 Å². The van der Waals surface area contributed by atoms with Gasteiger partial charge in [0.2, 0.25) is 15.9 Å². The van der Waals surface area contributed by atoms with Gasteiger partial charge in [0.25, 0.3) is 0 Å². The topological polar surface area (TPSA) is 105 Å². The molecule has 1 aliphatic carbocycles. The molecule has 1 aliphatic rings. The smallest absolute Gasteiger partial charge is 0.240 e. The van der Waals surface area contributed by atoms with Crippen LogP contribution < -0.4 is 10.5 Å². The van der Waals surface area contributed by atoms with Crippen molar-refractivity contribution in [3.8, 4) is 11.1 Å². The van der Waals surface area contributed by atoms with Crippen LogP contribution in [0.3, 0.4) is 0 Å². The predicted molar refractivity (Wildman–Crippen MR) is 99.7 cm³/mol. The third-order valence-corrected chi connectivity index (χ3v) is 6.52. The highest BCUT2D eigenvalue weighted by Gasteiger charge is 2.35. The first kappa shape index (κ1) is 17.7. The minimum atomic E-state index is -3.66. The van der Waals surface area contributed by atoms with Crippen LogP contribution in [-0.4, -0.2) is 25.4 Å². The number of sulfonamides is 1. The van der Waals surface area contributed by atoms with Crippen molar-refractivity contribution < 1.29 is 17.6 Å². The van der Waals surface area contributed by atoms with E-state index < -0.39 is 15.9 Å². The largest absolute Gasteiger partial charge is 0.369 e. The lowest BCUT2D eigenvalue weighted by atomic mass is 9.80. The van der Waals surface area contributed by atoms with Crippen LogP contribution in [0.25, 0.3) is 22.0 Å². The maximum absolute atomic E-state index is 13.3. The zero-order valence-electron chi connectivity index (χ0n) is 14.3. The number of fused-ring (bicyclic) bond motifs is 1. The SMILES string of the molecule is NC(=O)[C@H]1C[C@@H](NS(=O)(=O)c2ccc(-c3c[nH]c4cc(F)ccc34)cc2)C1. The molecule has 0 spiro atoms. The van der Waals surface area contributed by atoms with E-state index in [1.165, 1.54) is 24.3 Å². The number of primary amides is 1. The summed E-state index contributed by atoms with van der Waals surface area (Å²) in [7, 11) is -3.66. The van der Waals surface area contributed by atoms with Crippen molar-refractivity contribution in [2.45, 2.75) is 23.8 Å². The van der Waals surface area contributed by atoms with Crippen LogP contribution in [0.2, 0.25) is 0 Å². The minimum Gasteiger partial charge on any atom is -0.369 e. The molecule has 1 fully saturated rings. The Morgan fingerprint density at radius 2 is 1.85 bits per heavy atom. The van der Waals surface area contributed by atoms with Gasteiger partial charge in [0.05, 0.1) is 4.90 Å². The van der Waals surface area contributed by atoms with E-state index in [4.69, 9.17) is 5.73 Å². The highest BCUT2D eigenvalue weighted by atomic mass is 32.2. The Morgan fingerprint density at radius 1 is 1.15 bits per heavy atom. The number of nitrogens with two attached hydrogens (primary N) is 1. The molecular formula is C19H18FN3O3S. The van der Waals surface area contributed by atoms with Gasteiger partial charge >= 0.3 is 0 Å². The molecule has 4 N–H and O–H groups in total. The predicted octanol–water partition coefficient (Wildman–Crippen LogP) is 2.52. The van der Waals surface area contributed by atoms with Crippen LogP contribution in [0, 0.1) is 11.7 Å². The van der Waals surface area contributed by atoms with Gasteiger partial charge in [-0.05, 0) is 48.7 Å². The summed E-state index contributed by atoms with van der Waals surface area (Å²) in [6.45, 7) is 0. The number of rotatable bonds is 5. The molecule has 1 heterocycles. The second kappa shape index (κ2) is 6.47. The summed E-state index contributed by atoms with van der Waals surface area (Å²) in [5.74, 6) is -0.974. The molecule has 3 aromatic rings. The van der Waals surface area contributed by atoms with Crippen LogP contribution in [0.4, 0.5) is 4.39 Å². The molecule has 0 aliphatic heterocycles. The molecule has 0 atom stereocenters. The van der Waals surface area contributed by atoms with Gasteiger partial charge < -0.3 is 10.7 Å². The molecule has 0 unspecified atom stereocenters. The standard InChI is InChI=1S/C19H18FN3O3S/c20-13-3-6-16-17(10-22-18(16)9-13)11-1-4-15(5-2-11)27(25,26)23-14-7-12(8-14)19(21)24/h1-6,9-10,12,14,22-23H,7-8H2,(H2,21,24)/t12-,14+. The van der Waals surface area contributed by atoms with Gasteiger partial charge in [-0.15, -0.1) is 0 Å². The number of halogens is 1. The molecule has 0 radical (unpaired) electrons. The van der Waals surface area contributed by atoms with Gasteiger partial charge in [-0.25, -0.2) is 17.5 Å². The lowest BCUT2D eigenvalue weighted by molar-refractivity contribution is -0.124. The number of carbonyl (C=O) groups is 1. The number of nitrogens with one attached hydrogen (secondary N) is 2. The number of aromatic amines is 1. The van der Waals surface area contributed by atoms with Gasteiger partial charge in [-0.2, -0.15) is 0 Å². The Bertz CT molecular complexity index is 1120. The maximum Gasteiger partial charge on any atom is 0.240 e. The monoisotopic (exact) mass is 387 g/mol. The molecule has 0 saturated heterocycles. The molecule has 4 rings (SSSR count). The van der Waals surface area contributed by atoms with Crippen LogP contribution in [0.15, 0.2) is 53.6 Å². The molecule has 1 saturated carbocycles. The summed E-state index contributed by atoms with van der Waals surface area (Å²) in [5, 5.41) is 0.858. The Hall–Kier alpha value is -2.71. The van der Waals surface area contributed by atoms with Crippen LogP contribution >= 0.6 is 0 Å². The Morgan fingerprint density at radius 3 is 2.52 bits per heavy atom. The van der Waals surface area contributed by atoms with E-state index in [-0.39, 0.29) is 22.7 Å². The van der Waals surface area contributed by atoms with Crippen molar-refractivity contribution in [3.63, 3.8) is 0 Å². The number of hydrogen-bond donors (Lipinski definition) is 3. The highest BCUT2D eigenvalue weighted by molar-refractivity contribution is 7.89. The van der Waals surface area contributed by atoms with Gasteiger partial charge in [-0.1, -0.05) is 12.1 Å². The summed E-state index contributed by atoms with van der Waals surface area (Å²) in [5.41, 5.74) is 7.57. The molecule has 1 aromatic heterocycles. The number of carbonyl (C=O) groups excluding carboxylic acids is 1. The Kier molecular flexibility index (Phi) is 4.24. The molecule has 140 valence electrons. The van der Waals surface area contributed by atoms with E-state index in [0.29, 0.717) is 18.4 Å². The minimum absolute atomic E-state index is 0.152. The summed E-state index contributed by atoms with van der Waals surface area (Å²) in [6, 6.07) is 10.7. The molecule has 27 heavy (non-hydrogen) atoms. The second-order valence-corrected chi connectivity index (χ2v) is 8.52. The number of amides is 1. The number of benzene rings is 2. The van der Waals surface area contributed by atoms with E-state index in [1.807, 2.05) is 0 Å². The van der Waals surface area contributed by atoms with Crippen LogP contribution in [0.1, 0.15) is 12.8 Å². The number of H-pyrrole nitrogens is 1. The van der Waals surface area contributed by atoms with Crippen LogP contribution in [0.5, 0.6) is 0 Å². The fourth-order valence-electron chi connectivity index (χ4n) is 3.38. The Labute approximate surface area is 155 Å². The molecule has 6 nitrogen and oxygen atoms in total. The van der Waals surface area contributed by atoms with Crippen molar-refractivity contribution in [1.29, 1.82) is 0 Å². The Balaban J connectivity index is 1.54. The second-order valence-electron chi connectivity index (χ2n) is 6.81. The molecule has 0 bridgehead atoms. The fourth-order valence-corrected chi connectivity index (χ4v) is 4.65. The van der Waals surface area contributed by atoms with Crippen molar-refractivity contribution >= 4 is 26.8 Å². The summed E-state index contributed by atoms with van der Waals surface area (Å²) in [6.07, 6.45) is 2.63. The fraction of sp³-hybridized carbons (Fsp3) is 0.211. The molecule has 1 amide bonds. The zero-order valence-corrected chi connectivity index (χ0v) is 15.1. The van der Waals surface area contributed by atoms with Crippen molar-refractivity contribution in [2.75, 3.05) is 0 Å². The average molecular weight is 387 g/mol. The van der Waals surface area contributed by atoms with E-state index in [9.17, 15) is 17.6 Å². The third kappa shape index (κ3) is 3.33. The number of aromatic nitrogens is 1. The third-order valence-electron chi connectivity index (χ3n) is 4.98. The average Bonchev–Trinajstić information content (AvgIpc) is 3.00. The van der Waals surface area contributed by atoms with Crippen molar-refractivity contribution in [2.24, 2.45) is 11.7 Å². The summed E-state index contributed by atoms with van der Waals surface area (Å²) >= 11 is 0. The quantitative estimate of drug-likeness (QED) is 0.626. The van der Waals surface area contributed by atoms with E-state index in [2.05, 4.69) is 9.71 Å². The normalized spacial score (nSPS) is 19.7. The summed E-state index contributed by atoms with van der Waals surface area (Å²) < 4.78 is 40.9. The van der Waals surface area contributed by atoms with Gasteiger partial charge in [0.1, 0.15) is 5.82 Å². The van der Waals surface area contributed by atoms with Gasteiger partial charge in [0, 0.05) is 34.6 Å². The highest BCUT2D eigenvalue weighted by Crippen LogP contribution is 2.31. The first-order valence-electron chi connectivity index (χ1n) is 8.52. The maximum atomic E-state index is 13.3. The molecular weight excluding hydrogens is 369 g/mol. The molecule has 8 heteroatoms. The van der Waals surface area contributed by atoms with E-state index in [1.54, 1.807) is 24.4 Å². The lowest BCUT2D eigenvalue weighted by Gasteiger charge is -2.33. The summed E-state index contributed by atoms with van der Waals surface area (Å²) in [4.78, 5) is 14.2. The zero-order chi connectivity index (χ0) is 19.2. The van der Waals surface area contributed by atoms with Gasteiger partial charge in [-0.3, -0.25) is 4.79 Å². The van der Waals surface area contributed by atoms with E-state index >= 15 is 0 Å². The van der Waals surface area contributed by atoms with Crippen LogP contribution in [-0.2, 0) is 14.8 Å². The van der Waals surface area contributed by atoms with Crippen molar-refractivity contribution in [3.05, 3.63) is 54.5 Å². The van der Waals surface area contributed by atoms with Gasteiger partial charge in [0.15, 0.2) is 0 Å². The van der Waals surface area contributed by atoms with Crippen molar-refractivity contribution in [1.82, 2.24) is 9.71 Å².